The number of hydrogen-bond acceptors (Lipinski definition) is 4. The second-order valence-corrected chi connectivity index (χ2v) is 6.04. The van der Waals surface area contributed by atoms with Crippen molar-refractivity contribution < 1.29 is 0 Å². The largest absolute Gasteiger partial charge is 0.323 e. The van der Waals surface area contributed by atoms with Gasteiger partial charge in [0.1, 0.15) is 0 Å². The maximum atomic E-state index is 6.18. The third kappa shape index (κ3) is 2.99. The number of nitrogens with zero attached hydrogens (tertiary/aromatic N) is 3. The lowest BCUT2D eigenvalue weighted by Crippen LogP contribution is -2.40. The molecule has 2 unspecified atom stereocenters. The first-order chi connectivity index (χ1) is 7.65. The van der Waals surface area contributed by atoms with Crippen molar-refractivity contribution in [3.63, 3.8) is 0 Å². The molecule has 1 aromatic heterocycles. The van der Waals surface area contributed by atoms with Crippen molar-refractivity contribution in [2.75, 3.05) is 25.4 Å². The maximum Gasteiger partial charge on any atom is 0.0537 e. The highest BCUT2D eigenvalue weighted by Crippen LogP contribution is 2.19. The van der Waals surface area contributed by atoms with Crippen molar-refractivity contribution in [3.8, 4) is 0 Å². The van der Waals surface area contributed by atoms with Crippen molar-refractivity contribution in [1.82, 2.24) is 14.7 Å². The summed E-state index contributed by atoms with van der Waals surface area (Å²) in [7, 11) is 1.93. The molecular formula is C11H20N4S. The molecule has 2 rings (SSSR count). The molecule has 0 aromatic carbocycles. The van der Waals surface area contributed by atoms with Crippen LogP contribution in [0.25, 0.3) is 0 Å². The zero-order valence-electron chi connectivity index (χ0n) is 9.97. The van der Waals surface area contributed by atoms with E-state index in [0.29, 0.717) is 0 Å². The molecule has 1 aliphatic heterocycles. The highest BCUT2D eigenvalue weighted by molar-refractivity contribution is 7.99. The first kappa shape index (κ1) is 12.0. The van der Waals surface area contributed by atoms with Gasteiger partial charge >= 0.3 is 0 Å². The number of nitrogens with two attached hydrogens (primary N) is 1. The number of hydrogen-bond donors (Lipinski definition) is 1. The van der Waals surface area contributed by atoms with E-state index in [1.54, 1.807) is 0 Å². The second-order valence-electron chi connectivity index (χ2n) is 4.49. The lowest BCUT2D eigenvalue weighted by molar-refractivity contribution is 0.269. The molecule has 1 aromatic rings. The lowest BCUT2D eigenvalue weighted by Gasteiger charge is -2.32. The summed E-state index contributed by atoms with van der Waals surface area (Å²) in [6.45, 7) is 5.53. The molecule has 0 amide bonds. The number of thioether (sulfide) groups is 1. The van der Waals surface area contributed by atoms with Crippen LogP contribution in [0.3, 0.4) is 0 Å². The Morgan fingerprint density at radius 1 is 1.69 bits per heavy atom. The third-order valence-corrected chi connectivity index (χ3v) is 4.07. The van der Waals surface area contributed by atoms with Crippen LogP contribution in [0.15, 0.2) is 12.4 Å². The lowest BCUT2D eigenvalue weighted by atomic mass is 10.1. The summed E-state index contributed by atoms with van der Waals surface area (Å²) in [4.78, 5) is 2.46. The minimum absolute atomic E-state index is 0.0870. The summed E-state index contributed by atoms with van der Waals surface area (Å²) in [5.41, 5.74) is 7.32. The van der Waals surface area contributed by atoms with Gasteiger partial charge in [0.05, 0.1) is 6.20 Å². The van der Waals surface area contributed by atoms with Crippen molar-refractivity contribution in [2.45, 2.75) is 18.2 Å². The highest BCUT2D eigenvalue weighted by atomic mass is 32.2. The predicted molar refractivity (Wildman–Crippen MR) is 68.5 cm³/mol. The van der Waals surface area contributed by atoms with Crippen LogP contribution in [-0.2, 0) is 7.05 Å². The Morgan fingerprint density at radius 3 is 3.12 bits per heavy atom. The van der Waals surface area contributed by atoms with E-state index in [0.717, 1.165) is 30.4 Å². The Bertz CT molecular complexity index is 338. The summed E-state index contributed by atoms with van der Waals surface area (Å²) >= 11 is 2.05. The van der Waals surface area contributed by atoms with Gasteiger partial charge in [-0.1, -0.05) is 6.92 Å². The molecule has 2 N–H and O–H groups in total. The van der Waals surface area contributed by atoms with Crippen LogP contribution in [-0.4, -0.2) is 45.3 Å². The molecule has 0 radical (unpaired) electrons. The highest BCUT2D eigenvalue weighted by Gasteiger charge is 2.19. The number of aromatic nitrogens is 2. The van der Waals surface area contributed by atoms with Gasteiger partial charge in [-0.05, 0) is 0 Å². The standard InChI is InChI=1S/C11H20N4S/c1-9-6-15(3-4-16-9)8-11(12)10-5-13-14(2)7-10/h5,7,9,11H,3-4,6,8,12H2,1-2H3. The van der Waals surface area contributed by atoms with E-state index < -0.39 is 0 Å². The van der Waals surface area contributed by atoms with E-state index in [9.17, 15) is 0 Å². The maximum absolute atomic E-state index is 6.18. The van der Waals surface area contributed by atoms with Crippen molar-refractivity contribution >= 4 is 11.8 Å². The van der Waals surface area contributed by atoms with Crippen LogP contribution < -0.4 is 5.73 Å². The predicted octanol–water partition coefficient (Wildman–Crippen LogP) is 0.857. The Balaban J connectivity index is 1.89. The number of rotatable bonds is 3. The van der Waals surface area contributed by atoms with Crippen molar-refractivity contribution in [1.29, 1.82) is 0 Å². The quantitative estimate of drug-likeness (QED) is 0.851. The first-order valence-corrected chi connectivity index (χ1v) is 6.78. The number of aryl methyl sites for hydroxylation is 1. The Morgan fingerprint density at radius 2 is 2.50 bits per heavy atom. The van der Waals surface area contributed by atoms with Gasteiger partial charge in [-0.2, -0.15) is 16.9 Å². The smallest absolute Gasteiger partial charge is 0.0537 e. The monoisotopic (exact) mass is 240 g/mol. The van der Waals surface area contributed by atoms with Gasteiger partial charge in [-0.25, -0.2) is 0 Å². The van der Waals surface area contributed by atoms with Gasteiger partial charge in [-0.15, -0.1) is 0 Å². The van der Waals surface area contributed by atoms with Crippen LogP contribution in [0.4, 0.5) is 0 Å². The molecule has 0 bridgehead atoms. The van der Waals surface area contributed by atoms with Gasteiger partial charge in [0, 0.05) is 55.5 Å². The van der Waals surface area contributed by atoms with Gasteiger partial charge in [-0.3, -0.25) is 9.58 Å². The molecule has 1 fully saturated rings. The fraction of sp³-hybridized carbons (Fsp3) is 0.727. The SMILES string of the molecule is CC1CN(CC(N)c2cnn(C)c2)CCS1. The molecule has 0 saturated carbocycles. The van der Waals surface area contributed by atoms with E-state index in [4.69, 9.17) is 5.73 Å². The Kier molecular flexibility index (Phi) is 3.89. The Hall–Kier alpha value is -0.520. The minimum Gasteiger partial charge on any atom is -0.323 e. The zero-order chi connectivity index (χ0) is 11.5. The molecule has 1 saturated heterocycles. The summed E-state index contributed by atoms with van der Waals surface area (Å²) in [5, 5.41) is 4.89. The van der Waals surface area contributed by atoms with E-state index in [1.165, 1.54) is 5.75 Å². The minimum atomic E-state index is 0.0870. The molecular weight excluding hydrogens is 220 g/mol. The summed E-state index contributed by atoms with van der Waals surface area (Å²) < 4.78 is 1.81. The molecule has 5 heteroatoms. The molecule has 1 aliphatic rings. The average Bonchev–Trinajstić information content (AvgIpc) is 2.65. The molecule has 0 spiro atoms. The topological polar surface area (TPSA) is 47.1 Å². The zero-order valence-corrected chi connectivity index (χ0v) is 10.8. The summed E-state index contributed by atoms with van der Waals surface area (Å²) in [5.74, 6) is 1.22. The van der Waals surface area contributed by atoms with E-state index in [-0.39, 0.29) is 6.04 Å². The molecule has 2 heterocycles. The third-order valence-electron chi connectivity index (χ3n) is 2.93. The van der Waals surface area contributed by atoms with Gasteiger partial charge in [0.2, 0.25) is 0 Å². The van der Waals surface area contributed by atoms with Gasteiger partial charge < -0.3 is 5.73 Å². The fourth-order valence-electron chi connectivity index (χ4n) is 2.07. The average molecular weight is 240 g/mol. The molecule has 90 valence electrons. The fourth-order valence-corrected chi connectivity index (χ4v) is 3.15. The van der Waals surface area contributed by atoms with Crippen molar-refractivity contribution in [2.24, 2.45) is 12.8 Å². The van der Waals surface area contributed by atoms with Crippen LogP contribution in [0, 0.1) is 0 Å². The van der Waals surface area contributed by atoms with Crippen LogP contribution in [0.5, 0.6) is 0 Å². The van der Waals surface area contributed by atoms with Gasteiger partial charge in [0.15, 0.2) is 0 Å². The van der Waals surface area contributed by atoms with E-state index in [1.807, 2.05) is 35.9 Å². The van der Waals surface area contributed by atoms with Crippen LogP contribution in [0.2, 0.25) is 0 Å². The van der Waals surface area contributed by atoms with Crippen LogP contribution >= 0.6 is 11.8 Å². The van der Waals surface area contributed by atoms with E-state index in [2.05, 4.69) is 16.9 Å². The first-order valence-electron chi connectivity index (χ1n) is 5.73. The van der Waals surface area contributed by atoms with E-state index >= 15 is 0 Å². The summed E-state index contributed by atoms with van der Waals surface area (Å²) in [6.07, 6.45) is 3.87. The Labute approximate surface area is 101 Å². The summed E-state index contributed by atoms with van der Waals surface area (Å²) in [6, 6.07) is 0.0870. The van der Waals surface area contributed by atoms with Gasteiger partial charge in [0.25, 0.3) is 0 Å². The molecule has 4 nitrogen and oxygen atoms in total. The van der Waals surface area contributed by atoms with Crippen LogP contribution in [0.1, 0.15) is 18.5 Å². The molecule has 0 aliphatic carbocycles. The molecule has 2 atom stereocenters. The normalized spacial score (nSPS) is 24.6. The molecule has 16 heavy (non-hydrogen) atoms. The van der Waals surface area contributed by atoms with Crippen molar-refractivity contribution in [3.05, 3.63) is 18.0 Å². The second kappa shape index (κ2) is 5.21.